The van der Waals surface area contributed by atoms with Crippen LogP contribution in [0.3, 0.4) is 0 Å². The van der Waals surface area contributed by atoms with Crippen LogP contribution in [0.1, 0.15) is 32.6 Å². The Kier molecular flexibility index (Phi) is 9.49. The predicted octanol–water partition coefficient (Wildman–Crippen LogP) is 1.36. The lowest BCUT2D eigenvalue weighted by molar-refractivity contribution is 0.0388. The van der Waals surface area contributed by atoms with E-state index in [9.17, 15) is 4.79 Å². The monoisotopic (exact) mass is 279 g/mol. The molecule has 1 saturated carbocycles. The SMILES string of the molecule is CCOC(=O)N(C)C1CCC(OC)CC1.O=S=O. The molecule has 1 rings (SSSR count). The maximum atomic E-state index is 11.5. The van der Waals surface area contributed by atoms with Crippen LogP contribution in [0.15, 0.2) is 0 Å². The minimum absolute atomic E-state index is 0.210. The van der Waals surface area contributed by atoms with Crippen LogP contribution >= 0.6 is 0 Å². The molecule has 106 valence electrons. The van der Waals surface area contributed by atoms with Gasteiger partial charge in [0.2, 0.25) is 0 Å². The van der Waals surface area contributed by atoms with Gasteiger partial charge in [-0.05, 0) is 32.6 Å². The first-order valence-electron chi connectivity index (χ1n) is 5.94. The third kappa shape index (κ3) is 6.11. The molecule has 0 atom stereocenters. The lowest BCUT2D eigenvalue weighted by Gasteiger charge is -2.33. The van der Waals surface area contributed by atoms with E-state index in [1.54, 1.807) is 12.0 Å². The number of hydrogen-bond acceptors (Lipinski definition) is 5. The summed E-state index contributed by atoms with van der Waals surface area (Å²) in [5.41, 5.74) is 0. The molecule has 0 aliphatic heterocycles. The van der Waals surface area contributed by atoms with Gasteiger partial charge in [-0.15, -0.1) is 0 Å². The molecule has 0 spiro atoms. The number of carbonyl (C=O) groups excluding carboxylic acids is 1. The first-order valence-corrected chi connectivity index (χ1v) is 6.61. The number of rotatable bonds is 3. The largest absolute Gasteiger partial charge is 0.450 e. The van der Waals surface area contributed by atoms with Crippen molar-refractivity contribution >= 4 is 17.7 Å². The molecule has 0 unspecified atom stereocenters. The highest BCUT2D eigenvalue weighted by molar-refractivity contribution is 7.51. The van der Waals surface area contributed by atoms with E-state index >= 15 is 0 Å². The number of carbonyl (C=O) groups is 1. The Hall–Kier alpha value is -0.950. The van der Waals surface area contributed by atoms with Crippen LogP contribution in [0.2, 0.25) is 0 Å². The van der Waals surface area contributed by atoms with Gasteiger partial charge < -0.3 is 14.4 Å². The molecule has 0 radical (unpaired) electrons. The molecule has 1 aliphatic carbocycles. The predicted molar refractivity (Wildman–Crippen MR) is 66.8 cm³/mol. The standard InChI is InChI=1S/C11H21NO3.O2S/c1-4-15-11(13)12(2)9-5-7-10(14-3)8-6-9;1-3-2/h9-10H,4-8H2,1-3H3;. The van der Waals surface area contributed by atoms with Crippen molar-refractivity contribution in [1.82, 2.24) is 4.90 Å². The highest BCUT2D eigenvalue weighted by Gasteiger charge is 2.26. The van der Waals surface area contributed by atoms with E-state index in [2.05, 4.69) is 0 Å². The molecule has 6 nitrogen and oxygen atoms in total. The molecule has 0 saturated heterocycles. The van der Waals surface area contributed by atoms with Crippen molar-refractivity contribution in [3.05, 3.63) is 0 Å². The van der Waals surface area contributed by atoms with Gasteiger partial charge in [-0.3, -0.25) is 0 Å². The fraction of sp³-hybridized carbons (Fsp3) is 0.909. The van der Waals surface area contributed by atoms with Crippen LogP contribution in [0, 0.1) is 0 Å². The summed E-state index contributed by atoms with van der Waals surface area (Å²) >= 11 is -0.750. The Morgan fingerprint density at radius 1 is 1.28 bits per heavy atom. The lowest BCUT2D eigenvalue weighted by atomic mass is 9.92. The summed E-state index contributed by atoms with van der Waals surface area (Å²) in [4.78, 5) is 13.2. The first kappa shape index (κ1) is 17.1. The van der Waals surface area contributed by atoms with Gasteiger partial charge in [0.05, 0.1) is 12.7 Å². The fourth-order valence-corrected chi connectivity index (χ4v) is 2.04. The van der Waals surface area contributed by atoms with Crippen molar-refractivity contribution in [2.24, 2.45) is 0 Å². The summed E-state index contributed by atoms with van der Waals surface area (Å²) in [5, 5.41) is 0. The summed E-state index contributed by atoms with van der Waals surface area (Å²) in [5.74, 6) is 0. The minimum atomic E-state index is -0.750. The molecule has 1 aliphatic rings. The van der Waals surface area contributed by atoms with Crippen LogP contribution in [0.25, 0.3) is 0 Å². The van der Waals surface area contributed by atoms with Crippen molar-refractivity contribution in [2.45, 2.75) is 44.8 Å². The van der Waals surface area contributed by atoms with Crippen molar-refractivity contribution < 1.29 is 22.7 Å². The van der Waals surface area contributed by atoms with E-state index in [0.29, 0.717) is 18.8 Å². The maximum Gasteiger partial charge on any atom is 0.409 e. The number of nitrogens with zero attached hydrogens (tertiary/aromatic N) is 1. The summed E-state index contributed by atoms with van der Waals surface area (Å²) in [6.45, 7) is 2.27. The highest BCUT2D eigenvalue weighted by Crippen LogP contribution is 2.24. The van der Waals surface area contributed by atoms with Crippen molar-refractivity contribution in [2.75, 3.05) is 20.8 Å². The van der Waals surface area contributed by atoms with Crippen LogP contribution in [-0.2, 0) is 21.0 Å². The average Bonchev–Trinajstić information content (AvgIpc) is 2.39. The number of ether oxygens (including phenoxy) is 2. The van der Waals surface area contributed by atoms with E-state index in [0.717, 1.165) is 25.7 Å². The van der Waals surface area contributed by atoms with Gasteiger partial charge >= 0.3 is 17.7 Å². The Labute approximate surface area is 111 Å². The van der Waals surface area contributed by atoms with Crippen LogP contribution in [0.5, 0.6) is 0 Å². The third-order valence-electron chi connectivity index (χ3n) is 3.08. The van der Waals surface area contributed by atoms with Gasteiger partial charge in [0.15, 0.2) is 0 Å². The van der Waals surface area contributed by atoms with Gasteiger partial charge in [-0.2, -0.15) is 8.42 Å². The van der Waals surface area contributed by atoms with E-state index in [1.165, 1.54) is 0 Å². The van der Waals surface area contributed by atoms with E-state index in [-0.39, 0.29) is 6.09 Å². The second-order valence-electron chi connectivity index (χ2n) is 4.04. The number of hydrogen-bond donors (Lipinski definition) is 0. The van der Waals surface area contributed by atoms with E-state index in [1.807, 2.05) is 14.0 Å². The number of amides is 1. The molecule has 7 heteroatoms. The Balaban J connectivity index is 0.000000873. The van der Waals surface area contributed by atoms with Crippen LogP contribution in [-0.4, -0.2) is 52.3 Å². The van der Waals surface area contributed by atoms with Crippen LogP contribution < -0.4 is 0 Å². The van der Waals surface area contributed by atoms with E-state index in [4.69, 9.17) is 17.9 Å². The van der Waals surface area contributed by atoms with Gasteiger partial charge in [0, 0.05) is 20.2 Å². The summed E-state index contributed by atoms with van der Waals surface area (Å²) in [6, 6.07) is 0.315. The summed E-state index contributed by atoms with van der Waals surface area (Å²) in [7, 11) is 3.57. The van der Waals surface area contributed by atoms with Crippen molar-refractivity contribution in [1.29, 1.82) is 0 Å². The molecule has 0 heterocycles. The van der Waals surface area contributed by atoms with Gasteiger partial charge in [-0.25, -0.2) is 4.79 Å². The first-order chi connectivity index (χ1) is 8.60. The van der Waals surface area contributed by atoms with E-state index < -0.39 is 11.6 Å². The molecule has 0 aromatic rings. The zero-order valence-corrected chi connectivity index (χ0v) is 11.9. The minimum Gasteiger partial charge on any atom is -0.450 e. The number of methoxy groups -OCH3 is 1. The second-order valence-corrected chi connectivity index (χ2v) is 4.18. The molecule has 18 heavy (non-hydrogen) atoms. The molecule has 1 fully saturated rings. The third-order valence-corrected chi connectivity index (χ3v) is 3.08. The second kappa shape index (κ2) is 10.0. The molecule has 0 aromatic carbocycles. The summed E-state index contributed by atoms with van der Waals surface area (Å²) < 4.78 is 26.8. The molecule has 0 aromatic heterocycles. The Morgan fingerprint density at radius 2 is 1.78 bits per heavy atom. The Bertz CT molecular complexity index is 273. The van der Waals surface area contributed by atoms with Crippen molar-refractivity contribution in [3.63, 3.8) is 0 Å². The molecule has 1 amide bonds. The smallest absolute Gasteiger partial charge is 0.409 e. The summed E-state index contributed by atoms with van der Waals surface area (Å²) in [6.07, 6.45) is 4.24. The fourth-order valence-electron chi connectivity index (χ4n) is 2.04. The quantitative estimate of drug-likeness (QED) is 0.780. The van der Waals surface area contributed by atoms with Crippen LogP contribution in [0.4, 0.5) is 4.79 Å². The van der Waals surface area contributed by atoms with Gasteiger partial charge in [0.25, 0.3) is 0 Å². The zero-order valence-electron chi connectivity index (χ0n) is 11.1. The van der Waals surface area contributed by atoms with Gasteiger partial charge in [-0.1, -0.05) is 0 Å². The molecular formula is C11H21NO5S. The van der Waals surface area contributed by atoms with Gasteiger partial charge in [0.1, 0.15) is 0 Å². The highest BCUT2D eigenvalue weighted by atomic mass is 32.1. The molecule has 0 N–H and O–H groups in total. The topological polar surface area (TPSA) is 72.9 Å². The molecular weight excluding hydrogens is 258 g/mol. The lowest BCUT2D eigenvalue weighted by Crippen LogP contribution is -2.40. The molecule has 0 bridgehead atoms. The zero-order chi connectivity index (χ0) is 14.0. The van der Waals surface area contributed by atoms with Crippen molar-refractivity contribution in [3.8, 4) is 0 Å². The Morgan fingerprint density at radius 3 is 2.17 bits per heavy atom. The average molecular weight is 279 g/mol. The maximum absolute atomic E-state index is 11.5. The normalized spacial score (nSPS) is 22.4.